The van der Waals surface area contributed by atoms with Gasteiger partial charge in [0.25, 0.3) is 0 Å². The number of hydrogen-bond donors (Lipinski definition) is 0. The summed E-state index contributed by atoms with van der Waals surface area (Å²) in [5.41, 5.74) is -1.65. The average molecular weight is 520 g/mol. The number of anilines is 1. The molecule has 2 saturated heterocycles. The number of nitrogens with zero attached hydrogens (tertiary/aromatic N) is 4. The molecule has 0 radical (unpaired) electrons. The predicted octanol–water partition coefficient (Wildman–Crippen LogP) is 5.21. The van der Waals surface area contributed by atoms with E-state index in [0.717, 1.165) is 62.3 Å². The second-order valence-corrected chi connectivity index (χ2v) is 9.65. The first-order valence-electron chi connectivity index (χ1n) is 11.9. The molecule has 3 aliphatic rings. The highest BCUT2D eigenvalue weighted by Gasteiger charge is 2.53. The number of pyridine rings is 1. The highest BCUT2D eigenvalue weighted by Crippen LogP contribution is 2.51. The van der Waals surface area contributed by atoms with Gasteiger partial charge in [-0.2, -0.15) is 18.2 Å². The highest BCUT2D eigenvalue weighted by atomic mass is 19.4. The van der Waals surface area contributed by atoms with Crippen molar-refractivity contribution < 1.29 is 31.4 Å². The summed E-state index contributed by atoms with van der Waals surface area (Å²) in [5.74, 6) is -2.72. The summed E-state index contributed by atoms with van der Waals surface area (Å²) in [6, 6.07) is 5.57. The van der Waals surface area contributed by atoms with Crippen LogP contribution >= 0.6 is 0 Å². The lowest BCUT2D eigenvalue weighted by molar-refractivity contribution is -0.141. The van der Waals surface area contributed by atoms with Crippen LogP contribution in [0.1, 0.15) is 43.4 Å². The summed E-state index contributed by atoms with van der Waals surface area (Å²) in [7, 11) is 0. The zero-order valence-electron chi connectivity index (χ0n) is 19.4. The van der Waals surface area contributed by atoms with E-state index in [0.29, 0.717) is 18.7 Å². The summed E-state index contributed by atoms with van der Waals surface area (Å²) in [5, 5.41) is 0. The molecule has 5 heterocycles. The average Bonchev–Trinajstić information content (AvgIpc) is 3.29. The van der Waals surface area contributed by atoms with Crippen LogP contribution in [-0.2, 0) is 19.3 Å². The minimum absolute atomic E-state index is 0.0485. The molecule has 194 valence electrons. The first-order valence-corrected chi connectivity index (χ1v) is 11.9. The van der Waals surface area contributed by atoms with Crippen LogP contribution in [0.2, 0.25) is 0 Å². The SMILES string of the molecule is O=c1nc(OCc2cc(F)c(Oc3ccnc(C(F)(F)F)c3)c(F)c2)cc2n1CC13CCCC(CC1)N23. The van der Waals surface area contributed by atoms with Gasteiger partial charge >= 0.3 is 11.9 Å². The summed E-state index contributed by atoms with van der Waals surface area (Å²) in [4.78, 5) is 22.2. The fourth-order valence-corrected chi connectivity index (χ4v) is 5.81. The molecule has 2 unspecified atom stereocenters. The van der Waals surface area contributed by atoms with E-state index in [1.165, 1.54) is 0 Å². The van der Waals surface area contributed by atoms with Gasteiger partial charge in [-0.25, -0.2) is 13.6 Å². The lowest BCUT2D eigenvalue weighted by Crippen LogP contribution is -2.48. The molecule has 7 nitrogen and oxygen atoms in total. The standard InChI is InChI=1S/C25H21F5N4O3/c26-17-8-14(9-18(27)22(17)37-16-4-7-31-19(10-16)25(28,29)30)12-36-20-11-21-33(23(35)32-20)13-24-5-1-2-15(3-6-24)34(21)24/h4,7-11,15H,1-3,5-6,12-13H2. The van der Waals surface area contributed by atoms with Gasteiger partial charge < -0.3 is 14.4 Å². The summed E-state index contributed by atoms with van der Waals surface area (Å²) < 4.78 is 80.2. The van der Waals surface area contributed by atoms with Gasteiger partial charge in [0.05, 0.1) is 12.1 Å². The zero-order valence-corrected chi connectivity index (χ0v) is 19.4. The summed E-state index contributed by atoms with van der Waals surface area (Å²) >= 11 is 0. The Bertz CT molecular complexity index is 1420. The first-order chi connectivity index (χ1) is 17.6. The fraction of sp³-hybridized carbons (Fsp3) is 0.400. The van der Waals surface area contributed by atoms with Crippen molar-refractivity contribution in [1.82, 2.24) is 14.5 Å². The molecule has 2 bridgehead atoms. The van der Waals surface area contributed by atoms with Crippen LogP contribution in [0.15, 0.2) is 41.3 Å². The van der Waals surface area contributed by atoms with Crippen molar-refractivity contribution in [3.8, 4) is 17.4 Å². The monoisotopic (exact) mass is 520 g/mol. The van der Waals surface area contributed by atoms with Gasteiger partial charge in [-0.05, 0) is 55.9 Å². The van der Waals surface area contributed by atoms with Crippen molar-refractivity contribution in [2.24, 2.45) is 0 Å². The molecule has 12 heteroatoms. The number of fused-ring (bicyclic) bond motifs is 1. The maximum absolute atomic E-state index is 14.6. The Morgan fingerprint density at radius 2 is 1.86 bits per heavy atom. The van der Waals surface area contributed by atoms with Gasteiger partial charge in [0, 0.05) is 24.4 Å². The molecule has 0 spiro atoms. The second kappa shape index (κ2) is 8.42. The number of piperidine rings is 1. The topological polar surface area (TPSA) is 69.5 Å². The largest absolute Gasteiger partial charge is 0.473 e. The third-order valence-corrected chi connectivity index (χ3v) is 7.35. The Kier molecular flexibility index (Phi) is 5.39. The van der Waals surface area contributed by atoms with E-state index in [-0.39, 0.29) is 23.6 Å². The number of rotatable bonds is 5. The van der Waals surface area contributed by atoms with Crippen molar-refractivity contribution in [2.75, 3.05) is 4.90 Å². The number of alkyl halides is 3. The van der Waals surface area contributed by atoms with Crippen LogP contribution in [0.25, 0.3) is 0 Å². The minimum atomic E-state index is -4.74. The molecule has 0 N–H and O–H groups in total. The molecule has 3 aromatic rings. The normalized spacial score (nSPS) is 22.1. The van der Waals surface area contributed by atoms with E-state index in [2.05, 4.69) is 14.9 Å². The van der Waals surface area contributed by atoms with E-state index >= 15 is 0 Å². The van der Waals surface area contributed by atoms with Crippen LogP contribution in [0.5, 0.6) is 17.4 Å². The first kappa shape index (κ1) is 23.7. The van der Waals surface area contributed by atoms with Crippen molar-refractivity contribution >= 4 is 5.82 Å². The lowest BCUT2D eigenvalue weighted by atomic mass is 9.89. The third-order valence-electron chi connectivity index (χ3n) is 7.35. The smallest absolute Gasteiger partial charge is 0.433 e. The molecule has 2 fully saturated rings. The molecule has 1 aromatic carbocycles. The van der Waals surface area contributed by atoms with E-state index < -0.39 is 40.7 Å². The Morgan fingerprint density at radius 1 is 1.08 bits per heavy atom. The number of hydrogen-bond acceptors (Lipinski definition) is 6. The van der Waals surface area contributed by atoms with Gasteiger partial charge in [-0.3, -0.25) is 9.55 Å². The Balaban J connectivity index is 1.20. The van der Waals surface area contributed by atoms with Crippen LogP contribution in [-0.4, -0.2) is 26.1 Å². The highest BCUT2D eigenvalue weighted by molar-refractivity contribution is 5.53. The Hall–Kier alpha value is -3.70. The van der Waals surface area contributed by atoms with E-state index in [9.17, 15) is 26.7 Å². The molecule has 2 aromatic heterocycles. The number of aromatic nitrogens is 3. The van der Waals surface area contributed by atoms with E-state index in [1.54, 1.807) is 10.6 Å². The number of halogens is 5. The van der Waals surface area contributed by atoms with Gasteiger partial charge in [0.15, 0.2) is 17.4 Å². The van der Waals surface area contributed by atoms with Crippen LogP contribution in [0.4, 0.5) is 27.8 Å². The van der Waals surface area contributed by atoms with Gasteiger partial charge in [-0.1, -0.05) is 0 Å². The Morgan fingerprint density at radius 3 is 2.62 bits per heavy atom. The van der Waals surface area contributed by atoms with Gasteiger partial charge in [0.2, 0.25) is 5.88 Å². The third kappa shape index (κ3) is 4.08. The quantitative estimate of drug-likeness (QED) is 0.430. The zero-order chi connectivity index (χ0) is 25.9. The van der Waals surface area contributed by atoms with Crippen molar-refractivity contribution in [2.45, 2.75) is 63.0 Å². The van der Waals surface area contributed by atoms with E-state index in [1.807, 2.05) is 0 Å². The molecule has 0 aliphatic carbocycles. The molecular formula is C25H21F5N4O3. The predicted molar refractivity (Wildman–Crippen MR) is 121 cm³/mol. The van der Waals surface area contributed by atoms with Crippen LogP contribution in [0.3, 0.4) is 0 Å². The molecular weight excluding hydrogens is 499 g/mol. The number of ether oxygens (including phenoxy) is 2. The van der Waals surface area contributed by atoms with E-state index in [4.69, 9.17) is 9.47 Å². The van der Waals surface area contributed by atoms with Gasteiger partial charge in [0.1, 0.15) is 23.9 Å². The molecule has 0 amide bonds. The minimum Gasteiger partial charge on any atom is -0.473 e. The molecule has 6 rings (SSSR count). The molecule has 2 atom stereocenters. The Labute approximate surface area is 207 Å². The molecule has 3 aliphatic heterocycles. The van der Waals surface area contributed by atoms with Crippen molar-refractivity contribution in [3.05, 3.63) is 69.9 Å². The fourth-order valence-electron chi connectivity index (χ4n) is 5.81. The summed E-state index contributed by atoms with van der Waals surface area (Å²) in [6.45, 7) is 0.316. The maximum Gasteiger partial charge on any atom is 0.433 e. The van der Waals surface area contributed by atoms with Crippen molar-refractivity contribution in [1.29, 1.82) is 0 Å². The molecule has 0 saturated carbocycles. The second-order valence-electron chi connectivity index (χ2n) is 9.65. The lowest BCUT2D eigenvalue weighted by Gasteiger charge is -2.40. The van der Waals surface area contributed by atoms with Crippen LogP contribution < -0.4 is 20.1 Å². The van der Waals surface area contributed by atoms with Crippen molar-refractivity contribution in [3.63, 3.8) is 0 Å². The maximum atomic E-state index is 14.6. The summed E-state index contributed by atoms with van der Waals surface area (Å²) in [6.07, 6.45) is 1.42. The molecule has 37 heavy (non-hydrogen) atoms. The number of benzene rings is 1. The van der Waals surface area contributed by atoms with Crippen LogP contribution in [0, 0.1) is 11.6 Å². The van der Waals surface area contributed by atoms with Gasteiger partial charge in [-0.15, -0.1) is 0 Å².